The van der Waals surface area contributed by atoms with Crippen molar-refractivity contribution in [3.63, 3.8) is 0 Å². The van der Waals surface area contributed by atoms with Crippen molar-refractivity contribution in [2.75, 3.05) is 13.8 Å². The van der Waals surface area contributed by atoms with E-state index in [4.69, 9.17) is 4.52 Å². The molecule has 0 bridgehead atoms. The quantitative estimate of drug-likeness (QED) is 0.603. The molecular weight excluding hydrogens is 153 g/mol. The normalized spacial score (nSPS) is 16.6. The minimum Gasteiger partial charge on any atom is -0.351 e. The molecule has 1 heterocycles. The number of nitrogens with zero attached hydrogens (tertiary/aromatic N) is 1. The Morgan fingerprint density at radius 1 is 1.80 bits per heavy atom. The van der Waals surface area contributed by atoms with Crippen LogP contribution in [0, 0.1) is 0 Å². The SMILES string of the molecule is COP(C)(=O)c1ccno1. The standard InChI is InChI=1S/C5H8NO3P/c1-8-10(2,7)5-3-4-6-9-5/h3-4H,1-2H3. The van der Waals surface area contributed by atoms with Crippen molar-refractivity contribution in [3.8, 4) is 0 Å². The van der Waals surface area contributed by atoms with Gasteiger partial charge in [0.05, 0.1) is 6.20 Å². The molecule has 1 unspecified atom stereocenters. The Hall–Kier alpha value is -0.600. The van der Waals surface area contributed by atoms with Crippen molar-refractivity contribution in [1.29, 1.82) is 0 Å². The van der Waals surface area contributed by atoms with Crippen LogP contribution in [0.15, 0.2) is 16.8 Å². The Kier molecular flexibility index (Phi) is 1.92. The molecule has 0 spiro atoms. The lowest BCUT2D eigenvalue weighted by molar-refractivity contribution is 0.385. The van der Waals surface area contributed by atoms with Crippen LogP contribution in [0.2, 0.25) is 0 Å². The minimum absolute atomic E-state index is 0.301. The fraction of sp³-hybridized carbons (Fsp3) is 0.400. The molecule has 0 fully saturated rings. The lowest BCUT2D eigenvalue weighted by Crippen LogP contribution is -2.00. The summed E-state index contributed by atoms with van der Waals surface area (Å²) in [4.78, 5) is 0. The predicted molar refractivity (Wildman–Crippen MR) is 36.7 cm³/mol. The zero-order valence-corrected chi connectivity index (χ0v) is 6.67. The van der Waals surface area contributed by atoms with Crippen LogP contribution in [-0.4, -0.2) is 18.9 Å². The Morgan fingerprint density at radius 3 is 2.90 bits per heavy atom. The second-order valence-corrected chi connectivity index (χ2v) is 4.38. The summed E-state index contributed by atoms with van der Waals surface area (Å²) in [6, 6.07) is 1.53. The highest BCUT2D eigenvalue weighted by molar-refractivity contribution is 7.65. The Bertz CT molecular complexity index is 243. The first-order valence-corrected chi connectivity index (χ1v) is 4.78. The maximum absolute atomic E-state index is 11.3. The van der Waals surface area contributed by atoms with E-state index < -0.39 is 7.37 Å². The van der Waals surface area contributed by atoms with Gasteiger partial charge in [0, 0.05) is 19.8 Å². The molecule has 0 aliphatic carbocycles. The van der Waals surface area contributed by atoms with Crippen LogP contribution in [0.3, 0.4) is 0 Å². The van der Waals surface area contributed by atoms with Crippen LogP contribution in [0.5, 0.6) is 0 Å². The third-order valence-corrected chi connectivity index (χ3v) is 2.90. The van der Waals surface area contributed by atoms with Gasteiger partial charge in [-0.15, -0.1) is 0 Å². The van der Waals surface area contributed by atoms with Crippen molar-refractivity contribution >= 4 is 12.9 Å². The van der Waals surface area contributed by atoms with Gasteiger partial charge in [-0.05, 0) is 0 Å². The summed E-state index contributed by atoms with van der Waals surface area (Å²) in [6.07, 6.45) is 1.44. The van der Waals surface area contributed by atoms with Crippen LogP contribution in [-0.2, 0) is 9.09 Å². The van der Waals surface area contributed by atoms with Gasteiger partial charge in [-0.25, -0.2) is 0 Å². The van der Waals surface area contributed by atoms with Crippen molar-refractivity contribution < 1.29 is 13.6 Å². The molecule has 0 aliphatic rings. The first-order valence-electron chi connectivity index (χ1n) is 2.71. The molecule has 0 saturated carbocycles. The monoisotopic (exact) mass is 161 g/mol. The lowest BCUT2D eigenvalue weighted by atomic mass is 10.8. The van der Waals surface area contributed by atoms with Gasteiger partial charge in [0.1, 0.15) is 0 Å². The molecule has 0 amide bonds. The van der Waals surface area contributed by atoms with E-state index in [-0.39, 0.29) is 0 Å². The molecule has 1 aromatic heterocycles. The van der Waals surface area contributed by atoms with Gasteiger partial charge in [-0.1, -0.05) is 5.16 Å². The molecule has 0 aliphatic heterocycles. The molecule has 0 aromatic carbocycles. The van der Waals surface area contributed by atoms with E-state index in [1.807, 2.05) is 0 Å². The molecule has 1 aromatic rings. The predicted octanol–water partition coefficient (Wildman–Crippen LogP) is 0.854. The van der Waals surface area contributed by atoms with E-state index in [2.05, 4.69) is 9.68 Å². The Labute approximate surface area is 58.6 Å². The first kappa shape index (κ1) is 7.51. The maximum atomic E-state index is 11.3. The zero-order chi connectivity index (χ0) is 7.61. The van der Waals surface area contributed by atoms with Crippen LogP contribution >= 0.6 is 7.37 Å². The second kappa shape index (κ2) is 2.56. The average Bonchev–Trinajstić information content (AvgIpc) is 2.38. The van der Waals surface area contributed by atoms with Gasteiger partial charge in [0.15, 0.2) is 0 Å². The minimum atomic E-state index is -2.71. The number of rotatable bonds is 2. The fourth-order valence-electron chi connectivity index (χ4n) is 0.509. The highest BCUT2D eigenvalue weighted by Gasteiger charge is 2.20. The smallest absolute Gasteiger partial charge is 0.265 e. The van der Waals surface area contributed by atoms with E-state index in [9.17, 15) is 4.57 Å². The number of aromatic nitrogens is 1. The molecule has 1 atom stereocenters. The summed E-state index contributed by atoms with van der Waals surface area (Å²) in [7, 11) is -1.33. The van der Waals surface area contributed by atoms with Crippen molar-refractivity contribution in [2.24, 2.45) is 0 Å². The summed E-state index contributed by atoms with van der Waals surface area (Å²) in [5.74, 6) is 0. The van der Waals surface area contributed by atoms with Crippen molar-refractivity contribution in [1.82, 2.24) is 5.16 Å². The molecule has 0 N–H and O–H groups in total. The van der Waals surface area contributed by atoms with Crippen molar-refractivity contribution in [2.45, 2.75) is 0 Å². The highest BCUT2D eigenvalue weighted by Crippen LogP contribution is 2.39. The van der Waals surface area contributed by atoms with E-state index in [1.165, 1.54) is 26.0 Å². The third kappa shape index (κ3) is 1.28. The molecule has 4 nitrogen and oxygen atoms in total. The van der Waals surface area contributed by atoms with Crippen molar-refractivity contribution in [3.05, 3.63) is 12.3 Å². The largest absolute Gasteiger partial charge is 0.351 e. The number of hydrogen-bond donors (Lipinski definition) is 0. The van der Waals surface area contributed by atoms with E-state index in [1.54, 1.807) is 0 Å². The molecule has 10 heavy (non-hydrogen) atoms. The first-order chi connectivity index (χ1) is 4.67. The number of hydrogen-bond acceptors (Lipinski definition) is 4. The van der Waals surface area contributed by atoms with E-state index in [0.717, 1.165) is 0 Å². The lowest BCUT2D eigenvalue weighted by Gasteiger charge is -2.03. The van der Waals surface area contributed by atoms with Gasteiger partial charge >= 0.3 is 0 Å². The fourth-order valence-corrected chi connectivity index (χ4v) is 1.22. The molecular formula is C5H8NO3P. The van der Waals surface area contributed by atoms with Gasteiger partial charge in [-0.2, -0.15) is 0 Å². The van der Waals surface area contributed by atoms with Crippen LogP contribution in [0.1, 0.15) is 0 Å². The summed E-state index contributed by atoms with van der Waals surface area (Å²) < 4.78 is 20.6. The Morgan fingerprint density at radius 2 is 2.50 bits per heavy atom. The Balaban J connectivity index is 2.97. The summed E-state index contributed by atoms with van der Waals surface area (Å²) in [5.41, 5.74) is 0.301. The molecule has 0 saturated heterocycles. The van der Waals surface area contributed by atoms with Gasteiger partial charge in [-0.3, -0.25) is 4.57 Å². The highest BCUT2D eigenvalue weighted by atomic mass is 31.2. The van der Waals surface area contributed by atoms with Gasteiger partial charge in [0.2, 0.25) is 5.50 Å². The zero-order valence-electron chi connectivity index (χ0n) is 5.77. The molecule has 56 valence electrons. The summed E-state index contributed by atoms with van der Waals surface area (Å²) >= 11 is 0. The second-order valence-electron chi connectivity index (χ2n) is 1.88. The van der Waals surface area contributed by atoms with E-state index in [0.29, 0.717) is 5.50 Å². The summed E-state index contributed by atoms with van der Waals surface area (Å²) in [6.45, 7) is 1.48. The molecule has 0 radical (unpaired) electrons. The summed E-state index contributed by atoms with van der Waals surface area (Å²) in [5, 5.41) is 3.41. The molecule has 5 heteroatoms. The maximum Gasteiger partial charge on any atom is 0.265 e. The van der Waals surface area contributed by atoms with Crippen LogP contribution < -0.4 is 5.50 Å². The topological polar surface area (TPSA) is 52.3 Å². The molecule has 1 rings (SSSR count). The van der Waals surface area contributed by atoms with Gasteiger partial charge < -0.3 is 9.05 Å². The van der Waals surface area contributed by atoms with Gasteiger partial charge in [0.25, 0.3) is 7.37 Å². The third-order valence-electron chi connectivity index (χ3n) is 1.17. The van der Waals surface area contributed by atoms with Crippen LogP contribution in [0.4, 0.5) is 0 Å². The van der Waals surface area contributed by atoms with Crippen LogP contribution in [0.25, 0.3) is 0 Å². The average molecular weight is 161 g/mol. The van der Waals surface area contributed by atoms with E-state index >= 15 is 0 Å².